The van der Waals surface area contributed by atoms with Crippen LogP contribution in [0.2, 0.25) is 0 Å². The lowest BCUT2D eigenvalue weighted by molar-refractivity contribution is 0.566. The average Bonchev–Trinajstić information content (AvgIpc) is 2.95. The van der Waals surface area contributed by atoms with E-state index in [1.54, 1.807) is 11.3 Å². The Kier molecular flexibility index (Phi) is 5.41. The highest BCUT2D eigenvalue weighted by Crippen LogP contribution is 2.29. The van der Waals surface area contributed by atoms with E-state index in [0.29, 0.717) is 18.4 Å². The molecule has 0 saturated heterocycles. The zero-order valence-electron chi connectivity index (χ0n) is 14.4. The van der Waals surface area contributed by atoms with Crippen molar-refractivity contribution in [3.05, 3.63) is 51.5 Å². The highest BCUT2D eigenvalue weighted by atomic mass is 32.1. The number of benzene rings is 1. The average molecular weight is 317 g/mol. The van der Waals surface area contributed by atoms with Crippen molar-refractivity contribution in [1.29, 1.82) is 0 Å². The lowest BCUT2D eigenvalue weighted by atomic mass is 9.93. The van der Waals surface area contributed by atoms with Crippen LogP contribution >= 0.6 is 11.3 Å². The number of hydrogen-bond acceptors (Lipinski definition) is 3. The van der Waals surface area contributed by atoms with Gasteiger partial charge in [0.1, 0.15) is 0 Å². The summed E-state index contributed by atoms with van der Waals surface area (Å²) in [5.74, 6) is 0.888. The van der Waals surface area contributed by atoms with Gasteiger partial charge in [0.25, 0.3) is 0 Å². The van der Waals surface area contributed by atoms with Gasteiger partial charge in [-0.2, -0.15) is 0 Å². The quantitative estimate of drug-likeness (QED) is 0.856. The summed E-state index contributed by atoms with van der Waals surface area (Å²) in [7, 11) is 0. The zero-order chi connectivity index (χ0) is 16.3. The van der Waals surface area contributed by atoms with Gasteiger partial charge in [0, 0.05) is 23.3 Å². The van der Waals surface area contributed by atoms with E-state index >= 15 is 0 Å². The molecule has 2 rings (SSSR count). The SMILES string of the molecule is CC(C)c1ccc(CC(CN)c2nc(C(C)(C)C)cs2)cc1. The van der Waals surface area contributed by atoms with Crippen molar-refractivity contribution >= 4 is 11.3 Å². The van der Waals surface area contributed by atoms with Crippen LogP contribution in [-0.4, -0.2) is 11.5 Å². The maximum Gasteiger partial charge on any atom is 0.0975 e. The highest BCUT2D eigenvalue weighted by Gasteiger charge is 2.21. The van der Waals surface area contributed by atoms with Crippen molar-refractivity contribution in [3.8, 4) is 0 Å². The Morgan fingerprint density at radius 2 is 1.77 bits per heavy atom. The molecule has 2 N–H and O–H groups in total. The first-order chi connectivity index (χ1) is 10.3. The molecule has 0 aliphatic rings. The molecular weight excluding hydrogens is 288 g/mol. The van der Waals surface area contributed by atoms with Crippen molar-refractivity contribution in [1.82, 2.24) is 4.98 Å². The maximum atomic E-state index is 6.02. The maximum absolute atomic E-state index is 6.02. The van der Waals surface area contributed by atoms with E-state index in [1.165, 1.54) is 21.8 Å². The summed E-state index contributed by atoms with van der Waals surface area (Å²) in [6.07, 6.45) is 0.964. The van der Waals surface area contributed by atoms with Gasteiger partial charge in [0.15, 0.2) is 0 Å². The molecule has 22 heavy (non-hydrogen) atoms. The second kappa shape index (κ2) is 6.93. The summed E-state index contributed by atoms with van der Waals surface area (Å²) in [5.41, 5.74) is 10.0. The third-order valence-corrected chi connectivity index (χ3v) is 5.06. The first-order valence-corrected chi connectivity index (χ1v) is 8.94. The fourth-order valence-electron chi connectivity index (χ4n) is 2.41. The molecule has 120 valence electrons. The summed E-state index contributed by atoms with van der Waals surface area (Å²) < 4.78 is 0. The number of nitrogens with two attached hydrogens (primary N) is 1. The number of aromatic nitrogens is 1. The van der Waals surface area contributed by atoms with Crippen molar-refractivity contribution in [2.24, 2.45) is 5.73 Å². The van der Waals surface area contributed by atoms with Crippen LogP contribution in [0.3, 0.4) is 0 Å². The first-order valence-electron chi connectivity index (χ1n) is 8.06. The first kappa shape index (κ1) is 17.2. The Morgan fingerprint density at radius 3 is 2.23 bits per heavy atom. The van der Waals surface area contributed by atoms with Gasteiger partial charge in [-0.1, -0.05) is 58.9 Å². The Bertz CT molecular complexity index is 591. The van der Waals surface area contributed by atoms with E-state index in [9.17, 15) is 0 Å². The summed E-state index contributed by atoms with van der Waals surface area (Å²) in [6.45, 7) is 11.7. The molecule has 0 fully saturated rings. The lowest BCUT2D eigenvalue weighted by Crippen LogP contribution is -2.16. The van der Waals surface area contributed by atoms with Gasteiger partial charge in [-0.3, -0.25) is 0 Å². The van der Waals surface area contributed by atoms with Gasteiger partial charge in [0.05, 0.1) is 10.7 Å². The molecule has 1 heterocycles. The normalized spacial score (nSPS) is 13.6. The van der Waals surface area contributed by atoms with E-state index < -0.39 is 0 Å². The van der Waals surface area contributed by atoms with Crippen LogP contribution < -0.4 is 5.73 Å². The minimum absolute atomic E-state index is 0.104. The third-order valence-electron chi connectivity index (χ3n) is 4.05. The number of hydrogen-bond donors (Lipinski definition) is 1. The Hall–Kier alpha value is -1.19. The smallest absolute Gasteiger partial charge is 0.0975 e. The van der Waals surface area contributed by atoms with Crippen molar-refractivity contribution < 1.29 is 0 Å². The number of nitrogens with zero attached hydrogens (tertiary/aromatic N) is 1. The summed E-state index contributed by atoms with van der Waals surface area (Å²) in [5, 5.41) is 3.35. The molecule has 0 bridgehead atoms. The predicted octanol–water partition coefficient (Wildman–Crippen LogP) is 4.85. The Labute approximate surface area is 138 Å². The second-order valence-corrected chi connectivity index (χ2v) is 8.24. The van der Waals surface area contributed by atoms with Gasteiger partial charge in [-0.05, 0) is 23.5 Å². The topological polar surface area (TPSA) is 38.9 Å². The molecule has 1 aromatic heterocycles. The van der Waals surface area contributed by atoms with Crippen LogP contribution in [-0.2, 0) is 11.8 Å². The number of rotatable bonds is 5. The molecule has 0 radical (unpaired) electrons. The molecule has 0 spiro atoms. The van der Waals surface area contributed by atoms with Gasteiger partial charge in [-0.15, -0.1) is 11.3 Å². The van der Waals surface area contributed by atoms with E-state index in [1.807, 2.05) is 0 Å². The minimum atomic E-state index is 0.104. The van der Waals surface area contributed by atoms with Crippen LogP contribution in [0.25, 0.3) is 0 Å². The second-order valence-electron chi connectivity index (χ2n) is 7.35. The predicted molar refractivity (Wildman–Crippen MR) is 96.8 cm³/mol. The van der Waals surface area contributed by atoms with E-state index in [4.69, 9.17) is 10.7 Å². The lowest BCUT2D eigenvalue weighted by Gasteiger charge is -2.16. The summed E-state index contributed by atoms with van der Waals surface area (Å²) >= 11 is 1.75. The van der Waals surface area contributed by atoms with Crippen LogP contribution in [0.15, 0.2) is 29.6 Å². The van der Waals surface area contributed by atoms with Crippen LogP contribution in [0.1, 0.15) is 68.3 Å². The summed E-state index contributed by atoms with van der Waals surface area (Å²) in [4.78, 5) is 4.83. The van der Waals surface area contributed by atoms with Gasteiger partial charge < -0.3 is 5.73 Å². The molecule has 0 aliphatic heterocycles. The van der Waals surface area contributed by atoms with Crippen LogP contribution in [0.5, 0.6) is 0 Å². The molecule has 0 aliphatic carbocycles. The minimum Gasteiger partial charge on any atom is -0.330 e. The van der Waals surface area contributed by atoms with Crippen molar-refractivity contribution in [2.75, 3.05) is 6.54 Å². The third kappa shape index (κ3) is 4.17. The number of thiazole rings is 1. The largest absolute Gasteiger partial charge is 0.330 e. The van der Waals surface area contributed by atoms with Gasteiger partial charge in [0.2, 0.25) is 0 Å². The molecule has 3 heteroatoms. The van der Waals surface area contributed by atoms with E-state index in [2.05, 4.69) is 64.3 Å². The highest BCUT2D eigenvalue weighted by molar-refractivity contribution is 7.09. The molecular formula is C19H28N2S. The van der Waals surface area contributed by atoms with Crippen molar-refractivity contribution in [3.63, 3.8) is 0 Å². The zero-order valence-corrected chi connectivity index (χ0v) is 15.2. The van der Waals surface area contributed by atoms with Crippen molar-refractivity contribution in [2.45, 2.75) is 58.3 Å². The standard InChI is InChI=1S/C19H28N2S/c1-13(2)15-8-6-14(7-9-15)10-16(11-20)18-21-17(12-22-18)19(3,4)5/h6-9,12-13,16H,10-11,20H2,1-5H3. The van der Waals surface area contributed by atoms with Gasteiger partial charge in [-0.25, -0.2) is 4.98 Å². The molecule has 2 aromatic rings. The molecule has 1 atom stereocenters. The van der Waals surface area contributed by atoms with Crippen LogP contribution in [0, 0.1) is 0 Å². The van der Waals surface area contributed by atoms with E-state index in [0.717, 1.165) is 6.42 Å². The molecule has 2 nitrogen and oxygen atoms in total. The fourth-order valence-corrected chi connectivity index (χ4v) is 3.58. The Morgan fingerprint density at radius 1 is 1.14 bits per heavy atom. The summed E-state index contributed by atoms with van der Waals surface area (Å²) in [6, 6.07) is 8.93. The molecule has 0 amide bonds. The molecule has 1 aromatic carbocycles. The van der Waals surface area contributed by atoms with Crippen LogP contribution in [0.4, 0.5) is 0 Å². The van der Waals surface area contributed by atoms with Gasteiger partial charge >= 0.3 is 0 Å². The molecule has 1 unspecified atom stereocenters. The Balaban J connectivity index is 2.13. The monoisotopic (exact) mass is 316 g/mol. The molecule has 0 saturated carbocycles. The fraction of sp³-hybridized carbons (Fsp3) is 0.526. The van der Waals surface area contributed by atoms with E-state index in [-0.39, 0.29) is 5.41 Å².